The fourth-order valence-electron chi connectivity index (χ4n) is 2.05. The van der Waals surface area contributed by atoms with Gasteiger partial charge < -0.3 is 10.2 Å². The number of carbonyl (C=O) groups is 2. The van der Waals surface area contributed by atoms with Gasteiger partial charge in [0.25, 0.3) is 0 Å². The van der Waals surface area contributed by atoms with Gasteiger partial charge >= 0.3 is 0 Å². The second-order valence-corrected chi connectivity index (χ2v) is 5.11. The lowest BCUT2D eigenvalue weighted by molar-refractivity contribution is -0.130. The Morgan fingerprint density at radius 2 is 1.70 bits per heavy atom. The number of pyridine rings is 2. The summed E-state index contributed by atoms with van der Waals surface area (Å²) < 4.78 is 0. The Balaban J connectivity index is 1.79. The molecule has 0 fully saturated rings. The number of nitrogens with zero attached hydrogens (tertiary/aromatic N) is 3. The highest BCUT2D eigenvalue weighted by Gasteiger charge is 2.12. The summed E-state index contributed by atoms with van der Waals surface area (Å²) in [6.45, 7) is 2.65. The van der Waals surface area contributed by atoms with Crippen LogP contribution in [-0.2, 0) is 22.7 Å². The van der Waals surface area contributed by atoms with Crippen LogP contribution >= 0.6 is 0 Å². The van der Waals surface area contributed by atoms with Crippen molar-refractivity contribution >= 4 is 11.8 Å². The lowest BCUT2D eigenvalue weighted by atomic mass is 10.3. The predicted molar refractivity (Wildman–Crippen MR) is 86.0 cm³/mol. The normalized spacial score (nSPS) is 10.1. The van der Waals surface area contributed by atoms with Crippen LogP contribution in [0.2, 0.25) is 0 Å². The number of carbonyl (C=O) groups excluding carboxylic acids is 2. The smallest absolute Gasteiger partial charge is 0.222 e. The fraction of sp³-hybridized carbons (Fsp3) is 0.294. The van der Waals surface area contributed by atoms with Gasteiger partial charge in [-0.25, -0.2) is 0 Å². The van der Waals surface area contributed by atoms with Crippen LogP contribution < -0.4 is 5.32 Å². The summed E-state index contributed by atoms with van der Waals surface area (Å²) in [6.07, 6.45) is 3.62. The highest BCUT2D eigenvalue weighted by Crippen LogP contribution is 2.03. The molecule has 0 aliphatic heterocycles. The van der Waals surface area contributed by atoms with Crippen LogP contribution in [0.4, 0.5) is 0 Å². The molecule has 0 aliphatic rings. The largest absolute Gasteiger partial charge is 0.350 e. The number of hydrogen-bond acceptors (Lipinski definition) is 4. The van der Waals surface area contributed by atoms with E-state index >= 15 is 0 Å². The first-order valence-corrected chi connectivity index (χ1v) is 7.47. The lowest BCUT2D eigenvalue weighted by Gasteiger charge is -2.20. The van der Waals surface area contributed by atoms with Gasteiger partial charge in [-0.05, 0) is 24.3 Å². The molecular weight excluding hydrogens is 292 g/mol. The zero-order valence-corrected chi connectivity index (χ0v) is 13.1. The Morgan fingerprint density at radius 3 is 2.26 bits per heavy atom. The quantitative estimate of drug-likeness (QED) is 0.841. The Bertz CT molecular complexity index is 632. The summed E-state index contributed by atoms with van der Waals surface area (Å²) in [4.78, 5) is 33.6. The molecule has 0 spiro atoms. The fourth-order valence-corrected chi connectivity index (χ4v) is 2.05. The number of hydrogen-bond donors (Lipinski definition) is 1. The van der Waals surface area contributed by atoms with Crippen LogP contribution in [0, 0.1) is 0 Å². The van der Waals surface area contributed by atoms with E-state index in [1.807, 2.05) is 36.4 Å². The van der Waals surface area contributed by atoms with Crippen molar-refractivity contribution in [2.45, 2.75) is 26.4 Å². The summed E-state index contributed by atoms with van der Waals surface area (Å²) >= 11 is 0. The van der Waals surface area contributed by atoms with E-state index in [4.69, 9.17) is 0 Å². The molecule has 0 unspecified atom stereocenters. The Hall–Kier alpha value is -2.76. The lowest BCUT2D eigenvalue weighted by Crippen LogP contribution is -2.33. The van der Waals surface area contributed by atoms with E-state index in [2.05, 4.69) is 15.3 Å². The molecule has 120 valence electrons. The first-order chi connectivity index (χ1) is 11.1. The summed E-state index contributed by atoms with van der Waals surface area (Å²) in [6, 6.07) is 11.1. The van der Waals surface area contributed by atoms with Crippen molar-refractivity contribution < 1.29 is 9.59 Å². The van der Waals surface area contributed by atoms with Crippen LogP contribution in [0.15, 0.2) is 48.8 Å². The summed E-state index contributed by atoms with van der Waals surface area (Å²) in [5.41, 5.74) is 1.61. The molecule has 0 aromatic carbocycles. The van der Waals surface area contributed by atoms with Crippen molar-refractivity contribution in [3.05, 3.63) is 60.2 Å². The van der Waals surface area contributed by atoms with Crippen LogP contribution in [-0.4, -0.2) is 33.2 Å². The van der Waals surface area contributed by atoms with Crippen molar-refractivity contribution in [3.8, 4) is 0 Å². The number of nitrogens with one attached hydrogen (secondary N) is 1. The second kappa shape index (κ2) is 8.63. The third-order valence-electron chi connectivity index (χ3n) is 3.33. The summed E-state index contributed by atoms with van der Waals surface area (Å²) in [5.74, 6) is -0.184. The van der Waals surface area contributed by atoms with Gasteiger partial charge in [0, 0.05) is 32.3 Å². The van der Waals surface area contributed by atoms with E-state index in [0.29, 0.717) is 19.6 Å². The van der Waals surface area contributed by atoms with Gasteiger partial charge in [-0.3, -0.25) is 19.6 Å². The third kappa shape index (κ3) is 5.86. The maximum Gasteiger partial charge on any atom is 0.222 e. The molecule has 1 N–H and O–H groups in total. The first-order valence-electron chi connectivity index (χ1n) is 7.47. The average molecular weight is 312 g/mol. The standard InChI is InChI=1S/C17H20N4O2/c1-14(22)21(13-16-7-3-5-10-19-16)11-8-17(23)20-12-15-6-2-4-9-18-15/h2-7,9-10H,8,11-13H2,1H3,(H,20,23). The van der Waals surface area contributed by atoms with E-state index < -0.39 is 0 Å². The van der Waals surface area contributed by atoms with Gasteiger partial charge in [-0.2, -0.15) is 0 Å². The van der Waals surface area contributed by atoms with Gasteiger partial charge in [-0.1, -0.05) is 12.1 Å². The molecule has 2 heterocycles. The van der Waals surface area contributed by atoms with E-state index in [0.717, 1.165) is 11.4 Å². The van der Waals surface area contributed by atoms with Crippen molar-refractivity contribution in [3.63, 3.8) is 0 Å². The topological polar surface area (TPSA) is 75.2 Å². The molecule has 0 bridgehead atoms. The summed E-state index contributed by atoms with van der Waals surface area (Å²) in [7, 11) is 0. The van der Waals surface area contributed by atoms with Crippen molar-refractivity contribution in [1.29, 1.82) is 0 Å². The molecule has 23 heavy (non-hydrogen) atoms. The van der Waals surface area contributed by atoms with E-state index in [9.17, 15) is 9.59 Å². The Labute approximate surface area is 135 Å². The van der Waals surface area contributed by atoms with Crippen molar-refractivity contribution in [2.75, 3.05) is 6.54 Å². The molecule has 0 atom stereocenters. The van der Waals surface area contributed by atoms with Crippen molar-refractivity contribution in [1.82, 2.24) is 20.2 Å². The third-order valence-corrected chi connectivity index (χ3v) is 3.33. The molecule has 0 saturated carbocycles. The molecule has 0 saturated heterocycles. The highest BCUT2D eigenvalue weighted by atomic mass is 16.2. The van der Waals surface area contributed by atoms with E-state index in [1.165, 1.54) is 6.92 Å². The Morgan fingerprint density at radius 1 is 1.04 bits per heavy atom. The van der Waals surface area contributed by atoms with Gasteiger partial charge in [0.05, 0.1) is 24.5 Å². The monoisotopic (exact) mass is 312 g/mol. The Kier molecular flexibility index (Phi) is 6.23. The number of amides is 2. The number of rotatable bonds is 7. The SMILES string of the molecule is CC(=O)N(CCC(=O)NCc1ccccn1)Cc1ccccn1. The minimum Gasteiger partial charge on any atom is -0.350 e. The van der Waals surface area contributed by atoms with Gasteiger partial charge in [0.2, 0.25) is 11.8 Å². The predicted octanol–water partition coefficient (Wildman–Crippen LogP) is 1.53. The second-order valence-electron chi connectivity index (χ2n) is 5.11. The molecule has 0 aliphatic carbocycles. The zero-order valence-electron chi connectivity index (χ0n) is 13.1. The van der Waals surface area contributed by atoms with Gasteiger partial charge in [-0.15, -0.1) is 0 Å². The maximum absolute atomic E-state index is 11.9. The first kappa shape index (κ1) is 16.6. The van der Waals surface area contributed by atoms with Crippen LogP contribution in [0.25, 0.3) is 0 Å². The molecule has 2 rings (SSSR count). The number of aromatic nitrogens is 2. The highest BCUT2D eigenvalue weighted by molar-refractivity contribution is 5.77. The molecule has 6 nitrogen and oxygen atoms in total. The molecular formula is C17H20N4O2. The van der Waals surface area contributed by atoms with Gasteiger partial charge in [0.1, 0.15) is 0 Å². The van der Waals surface area contributed by atoms with Gasteiger partial charge in [0.15, 0.2) is 0 Å². The summed E-state index contributed by atoms with van der Waals surface area (Å²) in [5, 5.41) is 2.80. The minimum atomic E-state index is -0.108. The zero-order chi connectivity index (χ0) is 16.5. The molecule has 0 radical (unpaired) electrons. The minimum absolute atomic E-state index is 0.0758. The van der Waals surface area contributed by atoms with E-state index in [1.54, 1.807) is 17.3 Å². The van der Waals surface area contributed by atoms with Crippen molar-refractivity contribution in [2.24, 2.45) is 0 Å². The maximum atomic E-state index is 11.9. The molecule has 2 aromatic heterocycles. The molecule has 2 aromatic rings. The molecule has 2 amide bonds. The van der Waals surface area contributed by atoms with E-state index in [-0.39, 0.29) is 18.2 Å². The van der Waals surface area contributed by atoms with Crippen LogP contribution in [0.5, 0.6) is 0 Å². The van der Waals surface area contributed by atoms with Crippen LogP contribution in [0.3, 0.4) is 0 Å². The van der Waals surface area contributed by atoms with Crippen LogP contribution in [0.1, 0.15) is 24.7 Å². The molecule has 6 heteroatoms. The average Bonchev–Trinajstić information content (AvgIpc) is 2.58.